The molecule has 0 aromatic heterocycles. The molecule has 0 aliphatic carbocycles. The lowest BCUT2D eigenvalue weighted by atomic mass is 10.2. The van der Waals surface area contributed by atoms with Crippen molar-refractivity contribution in [2.45, 2.75) is 12.6 Å². The zero-order chi connectivity index (χ0) is 13.5. The molecule has 1 amide bonds. The van der Waals surface area contributed by atoms with Crippen LogP contribution in [0.25, 0.3) is 0 Å². The molecule has 1 aliphatic heterocycles. The lowest BCUT2D eigenvalue weighted by Gasteiger charge is -2.12. The largest absolute Gasteiger partial charge is 0.431 e. The van der Waals surface area contributed by atoms with Crippen LogP contribution in [-0.2, 0) is 4.79 Å². The third kappa shape index (κ3) is 2.44. The fourth-order valence-electron chi connectivity index (χ4n) is 1.41. The quantitative estimate of drug-likeness (QED) is 0.778. The molecule has 0 spiro atoms. The van der Waals surface area contributed by atoms with Gasteiger partial charge in [-0.15, -0.1) is 0 Å². The van der Waals surface area contributed by atoms with Crippen LogP contribution in [0, 0.1) is 0 Å². The number of amides is 1. The summed E-state index contributed by atoms with van der Waals surface area (Å²) in [6, 6.07) is 4.03. The Bertz CT molecular complexity index is 542. The van der Waals surface area contributed by atoms with E-state index in [4.69, 9.17) is 23.2 Å². The standard InChI is InChI=1S/C10H5Cl2F3N2O/c11-6-2-1-5(3-7(6)12)17-9(18)4-8(16-17)10(13,14)15/h1-3H,4H2. The van der Waals surface area contributed by atoms with E-state index in [1.807, 2.05) is 0 Å². The first-order chi connectivity index (χ1) is 8.29. The number of halogens is 5. The predicted molar refractivity (Wildman–Crippen MR) is 62.1 cm³/mol. The second-order valence-corrected chi connectivity index (χ2v) is 4.34. The molecule has 0 saturated carbocycles. The fourth-order valence-corrected chi connectivity index (χ4v) is 1.70. The molecule has 1 heterocycles. The minimum absolute atomic E-state index is 0.137. The van der Waals surface area contributed by atoms with Crippen LogP contribution in [0.5, 0.6) is 0 Å². The van der Waals surface area contributed by atoms with Crippen molar-refractivity contribution >= 4 is 40.5 Å². The Morgan fingerprint density at radius 3 is 2.39 bits per heavy atom. The topological polar surface area (TPSA) is 32.7 Å². The van der Waals surface area contributed by atoms with Gasteiger partial charge >= 0.3 is 6.18 Å². The number of carbonyl (C=O) groups excluding carboxylic acids is 1. The van der Waals surface area contributed by atoms with Gasteiger partial charge in [0.05, 0.1) is 22.2 Å². The molecule has 96 valence electrons. The maximum atomic E-state index is 12.4. The SMILES string of the molecule is O=C1CC(C(F)(F)F)=NN1c1ccc(Cl)c(Cl)c1. The van der Waals surface area contributed by atoms with Gasteiger partial charge < -0.3 is 0 Å². The van der Waals surface area contributed by atoms with Crippen LogP contribution < -0.4 is 5.01 Å². The summed E-state index contributed by atoms with van der Waals surface area (Å²) in [4.78, 5) is 11.5. The van der Waals surface area contributed by atoms with Gasteiger partial charge in [-0.05, 0) is 18.2 Å². The molecule has 0 fully saturated rings. The normalized spacial score (nSPS) is 16.2. The van der Waals surface area contributed by atoms with Crippen molar-refractivity contribution in [2.24, 2.45) is 5.10 Å². The molecule has 0 saturated heterocycles. The highest BCUT2D eigenvalue weighted by atomic mass is 35.5. The Labute approximate surface area is 110 Å². The van der Waals surface area contributed by atoms with Crippen LogP contribution in [-0.4, -0.2) is 17.8 Å². The molecule has 8 heteroatoms. The minimum Gasteiger partial charge on any atom is -0.272 e. The van der Waals surface area contributed by atoms with Crippen molar-refractivity contribution in [3.8, 4) is 0 Å². The molecular weight excluding hydrogens is 292 g/mol. The number of alkyl halides is 3. The molecule has 1 aliphatic rings. The number of anilines is 1. The monoisotopic (exact) mass is 296 g/mol. The van der Waals surface area contributed by atoms with Gasteiger partial charge in [0.25, 0.3) is 5.91 Å². The molecule has 0 radical (unpaired) electrons. The number of benzene rings is 1. The van der Waals surface area contributed by atoms with Gasteiger partial charge in [-0.1, -0.05) is 23.2 Å². The second-order valence-electron chi connectivity index (χ2n) is 3.53. The Kier molecular flexibility index (Phi) is 3.25. The molecule has 2 rings (SSSR count). The number of hydrazone groups is 1. The summed E-state index contributed by atoms with van der Waals surface area (Å²) < 4.78 is 37.2. The third-order valence-corrected chi connectivity index (χ3v) is 2.99. The molecule has 0 N–H and O–H groups in total. The highest BCUT2D eigenvalue weighted by Crippen LogP contribution is 2.31. The molecule has 0 atom stereocenters. The lowest BCUT2D eigenvalue weighted by molar-refractivity contribution is -0.117. The van der Waals surface area contributed by atoms with E-state index >= 15 is 0 Å². The average molecular weight is 297 g/mol. The zero-order valence-corrected chi connectivity index (χ0v) is 10.1. The predicted octanol–water partition coefficient (Wildman–Crippen LogP) is 3.65. The van der Waals surface area contributed by atoms with Crippen LogP contribution in [0.4, 0.5) is 18.9 Å². The summed E-state index contributed by atoms with van der Waals surface area (Å²) in [7, 11) is 0. The van der Waals surface area contributed by atoms with E-state index in [-0.39, 0.29) is 15.7 Å². The van der Waals surface area contributed by atoms with E-state index in [9.17, 15) is 18.0 Å². The van der Waals surface area contributed by atoms with E-state index in [0.717, 1.165) is 0 Å². The highest BCUT2D eigenvalue weighted by molar-refractivity contribution is 6.42. The van der Waals surface area contributed by atoms with Crippen molar-refractivity contribution in [1.29, 1.82) is 0 Å². The number of nitrogens with zero attached hydrogens (tertiary/aromatic N) is 2. The Hall–Kier alpha value is -1.27. The summed E-state index contributed by atoms with van der Waals surface area (Å²) in [6.07, 6.45) is -5.38. The lowest BCUT2D eigenvalue weighted by Crippen LogP contribution is -2.22. The van der Waals surface area contributed by atoms with Crippen molar-refractivity contribution in [3.63, 3.8) is 0 Å². The van der Waals surface area contributed by atoms with Crippen molar-refractivity contribution < 1.29 is 18.0 Å². The zero-order valence-electron chi connectivity index (χ0n) is 8.63. The first-order valence-corrected chi connectivity index (χ1v) is 5.47. The van der Waals surface area contributed by atoms with Gasteiger partial charge in [0.2, 0.25) is 0 Å². The van der Waals surface area contributed by atoms with Gasteiger partial charge in [0.15, 0.2) is 5.71 Å². The van der Waals surface area contributed by atoms with Crippen LogP contribution >= 0.6 is 23.2 Å². The maximum absolute atomic E-state index is 12.4. The fraction of sp³-hybridized carbons (Fsp3) is 0.200. The third-order valence-electron chi connectivity index (χ3n) is 2.25. The van der Waals surface area contributed by atoms with Gasteiger partial charge in [-0.3, -0.25) is 4.79 Å². The summed E-state index contributed by atoms with van der Waals surface area (Å²) in [5.41, 5.74) is -0.979. The number of hydrogen-bond acceptors (Lipinski definition) is 2. The smallest absolute Gasteiger partial charge is 0.272 e. The first kappa shape index (κ1) is 13.2. The molecule has 1 aromatic rings. The van der Waals surface area contributed by atoms with Crippen molar-refractivity contribution in [1.82, 2.24) is 0 Å². The second kappa shape index (κ2) is 4.44. The minimum atomic E-state index is -4.61. The summed E-state index contributed by atoms with van der Waals surface area (Å²) in [5, 5.41) is 4.31. The van der Waals surface area contributed by atoms with E-state index in [1.165, 1.54) is 18.2 Å². The molecule has 1 aromatic carbocycles. The highest BCUT2D eigenvalue weighted by Gasteiger charge is 2.42. The van der Waals surface area contributed by atoms with E-state index < -0.39 is 24.2 Å². The maximum Gasteiger partial charge on any atom is 0.431 e. The van der Waals surface area contributed by atoms with Crippen molar-refractivity contribution in [3.05, 3.63) is 28.2 Å². The summed E-state index contributed by atoms with van der Waals surface area (Å²) in [6.45, 7) is 0. The van der Waals surface area contributed by atoms with Gasteiger partial charge in [-0.2, -0.15) is 18.3 Å². The molecule has 3 nitrogen and oxygen atoms in total. The molecule has 18 heavy (non-hydrogen) atoms. The average Bonchev–Trinajstić information content (AvgIpc) is 2.64. The Balaban J connectivity index is 2.36. The Morgan fingerprint density at radius 1 is 1.22 bits per heavy atom. The van der Waals surface area contributed by atoms with E-state index in [2.05, 4.69) is 5.10 Å². The van der Waals surface area contributed by atoms with Crippen LogP contribution in [0.3, 0.4) is 0 Å². The van der Waals surface area contributed by atoms with Crippen molar-refractivity contribution in [2.75, 3.05) is 5.01 Å². The van der Waals surface area contributed by atoms with Gasteiger partial charge in [-0.25, -0.2) is 5.01 Å². The number of carbonyl (C=O) groups is 1. The molecule has 0 unspecified atom stereocenters. The van der Waals surface area contributed by atoms with Crippen LogP contribution in [0.15, 0.2) is 23.3 Å². The van der Waals surface area contributed by atoms with Gasteiger partial charge in [0.1, 0.15) is 0 Å². The number of rotatable bonds is 1. The van der Waals surface area contributed by atoms with Gasteiger partial charge in [0, 0.05) is 0 Å². The first-order valence-electron chi connectivity index (χ1n) is 4.71. The van der Waals surface area contributed by atoms with Crippen LogP contribution in [0.1, 0.15) is 6.42 Å². The summed E-state index contributed by atoms with van der Waals surface area (Å²) >= 11 is 11.4. The Morgan fingerprint density at radius 2 is 1.89 bits per heavy atom. The van der Waals surface area contributed by atoms with E-state index in [1.54, 1.807) is 0 Å². The van der Waals surface area contributed by atoms with Crippen LogP contribution in [0.2, 0.25) is 10.0 Å². The molecule has 0 bridgehead atoms. The number of hydrogen-bond donors (Lipinski definition) is 0. The summed E-state index contributed by atoms with van der Waals surface area (Å²) in [5.74, 6) is -0.763. The molecular formula is C10H5Cl2F3N2O. The van der Waals surface area contributed by atoms with E-state index in [0.29, 0.717) is 5.01 Å².